The Bertz CT molecular complexity index is 989. The molecule has 0 bridgehead atoms. The number of Topliss-reactive ketones (excluding diaryl/α,β-unsaturated/α-hetero) is 1. The number of fused-ring (bicyclic) bond motifs is 1. The van der Waals surface area contributed by atoms with Gasteiger partial charge in [-0.05, 0) is 62.1 Å². The van der Waals surface area contributed by atoms with Crippen LogP contribution in [0.1, 0.15) is 59.2 Å². The molecule has 2 aliphatic heterocycles. The highest BCUT2D eigenvalue weighted by Crippen LogP contribution is 2.40. The van der Waals surface area contributed by atoms with Crippen molar-refractivity contribution in [2.45, 2.75) is 58.5 Å². The molecule has 0 N–H and O–H groups in total. The zero-order valence-electron chi connectivity index (χ0n) is 18.7. The summed E-state index contributed by atoms with van der Waals surface area (Å²) in [6.45, 7) is 7.86. The molecule has 2 aromatic carbocycles. The Balaban J connectivity index is 1.28. The largest absolute Gasteiger partial charge is 0.493 e. The number of likely N-dealkylation sites (tertiary alicyclic amines) is 1. The van der Waals surface area contributed by atoms with Crippen LogP contribution in [0.4, 0.5) is 0 Å². The lowest BCUT2D eigenvalue weighted by Gasteiger charge is -2.44. The molecular formula is C26H31NO4. The van der Waals surface area contributed by atoms with Crippen LogP contribution < -0.4 is 9.47 Å². The summed E-state index contributed by atoms with van der Waals surface area (Å²) in [5.74, 6) is 1.88. The zero-order chi connectivity index (χ0) is 22.0. The second kappa shape index (κ2) is 8.74. The summed E-state index contributed by atoms with van der Waals surface area (Å²) in [6, 6.07) is 11.8. The van der Waals surface area contributed by atoms with Gasteiger partial charge in [0.2, 0.25) is 5.91 Å². The van der Waals surface area contributed by atoms with Crippen molar-refractivity contribution >= 4 is 11.7 Å². The minimum atomic E-state index is -0.476. The molecule has 2 heterocycles. The Kier molecular flexibility index (Phi) is 6.03. The fraction of sp³-hybridized carbons (Fsp3) is 0.462. The minimum Gasteiger partial charge on any atom is -0.493 e. The van der Waals surface area contributed by atoms with Crippen molar-refractivity contribution in [1.29, 1.82) is 0 Å². The van der Waals surface area contributed by atoms with Gasteiger partial charge in [0.1, 0.15) is 17.1 Å². The molecule has 0 aromatic heterocycles. The molecule has 0 saturated carbocycles. The third kappa shape index (κ3) is 4.60. The molecule has 2 aromatic rings. The number of aryl methyl sites for hydroxylation is 3. The van der Waals surface area contributed by atoms with Crippen LogP contribution in [0.5, 0.6) is 11.5 Å². The highest BCUT2D eigenvalue weighted by molar-refractivity contribution is 6.00. The summed E-state index contributed by atoms with van der Waals surface area (Å²) in [4.78, 5) is 27.3. The quantitative estimate of drug-likeness (QED) is 0.651. The number of amides is 1. The van der Waals surface area contributed by atoms with E-state index in [1.165, 1.54) is 0 Å². The Morgan fingerprint density at radius 2 is 1.77 bits per heavy atom. The summed E-state index contributed by atoms with van der Waals surface area (Å²) in [5, 5.41) is 0. The molecule has 0 atom stereocenters. The molecule has 5 nitrogen and oxygen atoms in total. The summed E-state index contributed by atoms with van der Waals surface area (Å²) >= 11 is 0. The molecule has 1 spiro atoms. The molecule has 1 amide bonds. The average Bonchev–Trinajstić information content (AvgIpc) is 2.74. The van der Waals surface area contributed by atoms with Crippen molar-refractivity contribution in [3.8, 4) is 11.5 Å². The predicted octanol–water partition coefficient (Wildman–Crippen LogP) is 4.80. The fourth-order valence-corrected chi connectivity index (χ4v) is 4.47. The smallest absolute Gasteiger partial charge is 0.222 e. The van der Waals surface area contributed by atoms with Gasteiger partial charge in [0.15, 0.2) is 5.78 Å². The maximum Gasteiger partial charge on any atom is 0.222 e. The number of rotatable bonds is 5. The Morgan fingerprint density at radius 1 is 1.06 bits per heavy atom. The van der Waals surface area contributed by atoms with E-state index in [0.29, 0.717) is 63.1 Å². The van der Waals surface area contributed by atoms with Crippen molar-refractivity contribution in [3.05, 3.63) is 58.7 Å². The third-order valence-corrected chi connectivity index (χ3v) is 6.62. The lowest BCUT2D eigenvalue weighted by atomic mass is 9.82. The van der Waals surface area contributed by atoms with E-state index in [9.17, 15) is 9.59 Å². The molecule has 31 heavy (non-hydrogen) atoms. The Morgan fingerprint density at radius 3 is 2.52 bits per heavy atom. The highest BCUT2D eigenvalue weighted by atomic mass is 16.5. The van der Waals surface area contributed by atoms with Crippen LogP contribution in [0, 0.1) is 20.8 Å². The van der Waals surface area contributed by atoms with E-state index < -0.39 is 5.60 Å². The van der Waals surface area contributed by atoms with Gasteiger partial charge in [0, 0.05) is 32.4 Å². The summed E-state index contributed by atoms with van der Waals surface area (Å²) in [7, 11) is 0. The van der Waals surface area contributed by atoms with Gasteiger partial charge in [-0.2, -0.15) is 0 Å². The van der Waals surface area contributed by atoms with Gasteiger partial charge >= 0.3 is 0 Å². The fourth-order valence-electron chi connectivity index (χ4n) is 4.47. The number of piperidine rings is 1. The van der Waals surface area contributed by atoms with Crippen LogP contribution >= 0.6 is 0 Å². The maximum absolute atomic E-state index is 12.8. The number of benzene rings is 2. The monoisotopic (exact) mass is 421 g/mol. The Hall–Kier alpha value is -2.82. The number of hydrogen-bond donors (Lipinski definition) is 0. The Labute approximate surface area is 184 Å². The molecular weight excluding hydrogens is 390 g/mol. The molecule has 164 valence electrons. The van der Waals surface area contributed by atoms with Crippen LogP contribution in [-0.4, -0.2) is 41.9 Å². The van der Waals surface area contributed by atoms with Gasteiger partial charge in [0.25, 0.3) is 0 Å². The van der Waals surface area contributed by atoms with E-state index in [-0.39, 0.29) is 11.7 Å². The van der Waals surface area contributed by atoms with Crippen LogP contribution in [0.2, 0.25) is 0 Å². The number of ether oxygens (including phenoxy) is 2. The first-order valence-corrected chi connectivity index (χ1v) is 11.2. The zero-order valence-corrected chi connectivity index (χ0v) is 18.7. The van der Waals surface area contributed by atoms with Crippen LogP contribution in [-0.2, 0) is 4.79 Å². The molecule has 1 fully saturated rings. The number of hydrogen-bond acceptors (Lipinski definition) is 4. The van der Waals surface area contributed by atoms with Crippen molar-refractivity contribution in [2.75, 3.05) is 19.7 Å². The van der Waals surface area contributed by atoms with Gasteiger partial charge in [-0.3, -0.25) is 9.59 Å². The number of ketones is 1. The molecule has 0 aliphatic carbocycles. The molecule has 2 aliphatic rings. The van der Waals surface area contributed by atoms with Crippen LogP contribution in [0.15, 0.2) is 36.4 Å². The minimum absolute atomic E-state index is 0.150. The van der Waals surface area contributed by atoms with Gasteiger partial charge in [-0.1, -0.05) is 18.2 Å². The average molecular weight is 422 g/mol. The van der Waals surface area contributed by atoms with Crippen molar-refractivity contribution in [3.63, 3.8) is 0 Å². The molecule has 5 heteroatoms. The number of nitrogens with zero attached hydrogens (tertiary/aromatic N) is 1. The first-order valence-electron chi connectivity index (χ1n) is 11.2. The lowest BCUT2D eigenvalue weighted by molar-refractivity contribution is -0.135. The van der Waals surface area contributed by atoms with Crippen molar-refractivity contribution in [1.82, 2.24) is 4.90 Å². The van der Waals surface area contributed by atoms with Crippen molar-refractivity contribution < 1.29 is 19.1 Å². The third-order valence-electron chi connectivity index (χ3n) is 6.62. The van der Waals surface area contributed by atoms with Crippen LogP contribution in [0.3, 0.4) is 0 Å². The maximum atomic E-state index is 12.8. The van der Waals surface area contributed by atoms with E-state index >= 15 is 0 Å². The second-order valence-electron chi connectivity index (χ2n) is 8.92. The van der Waals surface area contributed by atoms with Gasteiger partial charge in [-0.15, -0.1) is 0 Å². The van der Waals surface area contributed by atoms with E-state index in [0.717, 1.165) is 22.4 Å². The SMILES string of the molecule is Cc1cc2c(cc1C)C(=O)CC1(CCN(C(=O)CCCOc3ccccc3C)CC1)O2. The second-order valence-corrected chi connectivity index (χ2v) is 8.92. The van der Waals surface area contributed by atoms with E-state index in [4.69, 9.17) is 9.47 Å². The van der Waals surface area contributed by atoms with E-state index in [2.05, 4.69) is 0 Å². The number of carbonyl (C=O) groups is 2. The standard InChI is InChI=1S/C26H31NO4/c1-18-7-4-5-8-23(18)30-14-6-9-25(29)27-12-10-26(11-13-27)17-22(28)21-15-19(2)20(3)16-24(21)31-26/h4-5,7-8,15-16H,6,9-14,17H2,1-3H3. The topological polar surface area (TPSA) is 55.8 Å². The molecule has 0 radical (unpaired) electrons. The number of carbonyl (C=O) groups excluding carboxylic acids is 2. The molecule has 0 unspecified atom stereocenters. The van der Waals surface area contributed by atoms with E-state index in [1.54, 1.807) is 0 Å². The van der Waals surface area contributed by atoms with Crippen molar-refractivity contribution in [2.24, 2.45) is 0 Å². The predicted molar refractivity (Wildman–Crippen MR) is 120 cm³/mol. The lowest BCUT2D eigenvalue weighted by Crippen LogP contribution is -2.52. The number of para-hydroxylation sites is 1. The normalized spacial score (nSPS) is 17.3. The molecule has 1 saturated heterocycles. The summed E-state index contributed by atoms with van der Waals surface area (Å²) < 4.78 is 12.2. The first kappa shape index (κ1) is 21.4. The highest BCUT2D eigenvalue weighted by Gasteiger charge is 2.43. The van der Waals surface area contributed by atoms with E-state index in [1.807, 2.05) is 62.1 Å². The molecule has 4 rings (SSSR count). The summed E-state index contributed by atoms with van der Waals surface area (Å²) in [5.41, 5.74) is 3.56. The van der Waals surface area contributed by atoms with Gasteiger partial charge in [0.05, 0.1) is 18.6 Å². The first-order chi connectivity index (χ1) is 14.9. The van der Waals surface area contributed by atoms with Gasteiger partial charge < -0.3 is 14.4 Å². The van der Waals surface area contributed by atoms with Gasteiger partial charge in [-0.25, -0.2) is 0 Å². The van der Waals surface area contributed by atoms with Crippen LogP contribution in [0.25, 0.3) is 0 Å². The summed E-state index contributed by atoms with van der Waals surface area (Å²) in [6.07, 6.45) is 2.94.